The minimum absolute atomic E-state index is 0.0626. The Morgan fingerprint density at radius 2 is 2.06 bits per heavy atom. The van der Waals surface area contributed by atoms with Crippen LogP contribution in [0.1, 0.15) is 36.0 Å². The minimum atomic E-state index is -0.482. The van der Waals surface area contributed by atoms with Gasteiger partial charge in [0.25, 0.3) is 11.6 Å². The van der Waals surface area contributed by atoms with Crippen molar-refractivity contribution in [2.45, 2.75) is 38.9 Å². The highest BCUT2D eigenvalue weighted by molar-refractivity contribution is 5.97. The Balaban J connectivity index is 1.38. The molecule has 2 heterocycles. The molecule has 2 aromatic carbocycles. The third-order valence-electron chi connectivity index (χ3n) is 5.39. The molecule has 2 aromatic heterocycles. The van der Waals surface area contributed by atoms with E-state index >= 15 is 0 Å². The summed E-state index contributed by atoms with van der Waals surface area (Å²) >= 11 is 0. The molecule has 0 N–H and O–H groups in total. The van der Waals surface area contributed by atoms with E-state index in [1.807, 2.05) is 13.0 Å². The number of fused-ring (bicyclic) bond motifs is 1. The summed E-state index contributed by atoms with van der Waals surface area (Å²) in [5, 5.41) is 27.3. The lowest BCUT2D eigenvalue weighted by Gasteiger charge is -2.20. The van der Waals surface area contributed by atoms with E-state index in [0.717, 1.165) is 18.4 Å². The molecule has 1 aliphatic rings. The van der Waals surface area contributed by atoms with E-state index in [1.165, 1.54) is 12.1 Å². The number of non-ortho nitro benzene ring substituents is 1. The van der Waals surface area contributed by atoms with Crippen LogP contribution in [-0.2, 0) is 13.1 Å². The first-order chi connectivity index (χ1) is 15.5. The zero-order valence-corrected chi connectivity index (χ0v) is 17.2. The first-order valence-corrected chi connectivity index (χ1v) is 10.2. The maximum absolute atomic E-state index is 13.3. The lowest BCUT2D eigenvalue weighted by Crippen LogP contribution is -2.32. The van der Waals surface area contributed by atoms with Crippen LogP contribution in [0.25, 0.3) is 22.5 Å². The maximum atomic E-state index is 13.3. The van der Waals surface area contributed by atoms with Crippen LogP contribution in [0, 0.1) is 10.1 Å². The number of nitro groups is 1. The van der Waals surface area contributed by atoms with Gasteiger partial charge in [-0.1, -0.05) is 11.3 Å². The number of benzene rings is 2. The first kappa shape index (κ1) is 19.8. The second-order valence-corrected chi connectivity index (χ2v) is 7.58. The van der Waals surface area contributed by atoms with Crippen LogP contribution in [0.5, 0.6) is 0 Å². The number of nitro benzene ring substituents is 1. The van der Waals surface area contributed by atoms with Crippen molar-refractivity contribution >= 4 is 22.6 Å². The Labute approximate surface area is 181 Å². The zero-order chi connectivity index (χ0) is 22.2. The number of carbonyl (C=O) groups is 1. The van der Waals surface area contributed by atoms with E-state index in [-0.39, 0.29) is 36.0 Å². The molecule has 0 aliphatic heterocycles. The molecule has 0 unspecified atom stereocenters. The molecule has 0 spiro atoms. The van der Waals surface area contributed by atoms with Crippen molar-refractivity contribution in [3.63, 3.8) is 0 Å². The predicted octanol–water partition coefficient (Wildman–Crippen LogP) is 3.21. The Hall–Kier alpha value is -4.15. The van der Waals surface area contributed by atoms with Gasteiger partial charge in [-0.3, -0.25) is 14.9 Å². The third kappa shape index (κ3) is 3.68. The molecule has 0 bridgehead atoms. The van der Waals surface area contributed by atoms with Crippen LogP contribution in [-0.4, -0.2) is 47.0 Å². The van der Waals surface area contributed by atoms with Crippen molar-refractivity contribution in [3.8, 4) is 11.5 Å². The van der Waals surface area contributed by atoms with E-state index < -0.39 is 4.92 Å². The summed E-state index contributed by atoms with van der Waals surface area (Å²) < 4.78 is 7.50. The average Bonchev–Trinajstić information content (AvgIpc) is 3.40. The van der Waals surface area contributed by atoms with Gasteiger partial charge in [-0.25, -0.2) is 4.68 Å². The molecule has 4 aromatic rings. The standard InChI is InChI=1S/C21H19N7O4/c1-2-27-18-9-6-14(11-17(18)22-25-27)21(29)26(15-7-8-15)12-19-23-24-20(32-19)13-4-3-5-16(10-13)28(30)31/h3-6,9-11,15H,2,7-8,12H2,1H3. The van der Waals surface area contributed by atoms with Crippen molar-refractivity contribution in [3.05, 3.63) is 64.0 Å². The van der Waals surface area contributed by atoms with Gasteiger partial charge in [-0.2, -0.15) is 0 Å². The second kappa shape index (κ2) is 7.84. The number of carbonyl (C=O) groups excluding carboxylic acids is 1. The minimum Gasteiger partial charge on any atom is -0.419 e. The molecule has 1 saturated carbocycles. The van der Waals surface area contributed by atoms with Crippen LogP contribution in [0.3, 0.4) is 0 Å². The maximum Gasteiger partial charge on any atom is 0.270 e. The lowest BCUT2D eigenvalue weighted by atomic mass is 10.1. The molecule has 5 rings (SSSR count). The van der Waals surface area contributed by atoms with E-state index in [1.54, 1.807) is 33.8 Å². The number of hydrogen-bond donors (Lipinski definition) is 0. The molecular weight excluding hydrogens is 414 g/mol. The van der Waals surface area contributed by atoms with E-state index in [4.69, 9.17) is 4.42 Å². The van der Waals surface area contributed by atoms with E-state index in [9.17, 15) is 14.9 Å². The smallest absolute Gasteiger partial charge is 0.270 e. The highest BCUT2D eigenvalue weighted by Gasteiger charge is 2.34. The monoisotopic (exact) mass is 433 g/mol. The SMILES string of the molecule is CCn1nnc2cc(C(=O)N(Cc3nnc(-c4cccc([N+](=O)[O-])c4)o3)C3CC3)ccc21. The van der Waals surface area contributed by atoms with Gasteiger partial charge < -0.3 is 9.32 Å². The average molecular weight is 433 g/mol. The van der Waals surface area contributed by atoms with Gasteiger partial charge >= 0.3 is 0 Å². The topological polar surface area (TPSA) is 133 Å². The Morgan fingerprint density at radius 1 is 1.22 bits per heavy atom. The quantitative estimate of drug-likeness (QED) is 0.320. The van der Waals surface area contributed by atoms with Gasteiger partial charge in [0.2, 0.25) is 11.8 Å². The number of nitrogens with zero attached hydrogens (tertiary/aromatic N) is 7. The van der Waals surface area contributed by atoms with Gasteiger partial charge in [0.05, 0.1) is 17.0 Å². The van der Waals surface area contributed by atoms with Crippen molar-refractivity contribution in [1.82, 2.24) is 30.1 Å². The molecule has 0 atom stereocenters. The lowest BCUT2D eigenvalue weighted by molar-refractivity contribution is -0.384. The molecule has 0 radical (unpaired) electrons. The Bertz CT molecular complexity index is 1320. The molecule has 11 heteroatoms. The van der Waals surface area contributed by atoms with Crippen LogP contribution in [0.4, 0.5) is 5.69 Å². The largest absolute Gasteiger partial charge is 0.419 e. The van der Waals surface area contributed by atoms with Crippen LogP contribution in [0.2, 0.25) is 0 Å². The van der Waals surface area contributed by atoms with E-state index in [2.05, 4.69) is 20.5 Å². The van der Waals surface area contributed by atoms with Crippen molar-refractivity contribution < 1.29 is 14.1 Å². The van der Waals surface area contributed by atoms with Gasteiger partial charge in [0, 0.05) is 35.8 Å². The number of aryl methyl sites for hydroxylation is 1. The zero-order valence-electron chi connectivity index (χ0n) is 17.2. The molecule has 1 amide bonds. The Kier molecular flexibility index (Phi) is 4.85. The summed E-state index contributed by atoms with van der Waals surface area (Å²) in [6.45, 7) is 2.83. The summed E-state index contributed by atoms with van der Waals surface area (Å²) in [6.07, 6.45) is 1.82. The Morgan fingerprint density at radius 3 is 2.81 bits per heavy atom. The molecule has 0 saturated heterocycles. The second-order valence-electron chi connectivity index (χ2n) is 7.58. The fourth-order valence-electron chi connectivity index (χ4n) is 3.59. The predicted molar refractivity (Wildman–Crippen MR) is 112 cm³/mol. The molecule has 1 aliphatic carbocycles. The number of rotatable bonds is 7. The number of amides is 1. The number of aromatic nitrogens is 5. The fraction of sp³-hybridized carbons (Fsp3) is 0.286. The summed E-state index contributed by atoms with van der Waals surface area (Å²) in [5.41, 5.74) is 2.45. The number of hydrogen-bond acceptors (Lipinski definition) is 8. The van der Waals surface area contributed by atoms with E-state index in [0.29, 0.717) is 23.2 Å². The normalized spacial score (nSPS) is 13.4. The van der Waals surface area contributed by atoms with Crippen LogP contribution < -0.4 is 0 Å². The molecule has 162 valence electrons. The van der Waals surface area contributed by atoms with Gasteiger partial charge in [0.1, 0.15) is 5.52 Å². The van der Waals surface area contributed by atoms with Crippen molar-refractivity contribution in [2.24, 2.45) is 0 Å². The summed E-state index contributed by atoms with van der Waals surface area (Å²) in [7, 11) is 0. The van der Waals surface area contributed by atoms with Crippen molar-refractivity contribution in [2.75, 3.05) is 0 Å². The van der Waals surface area contributed by atoms with Crippen LogP contribution >= 0.6 is 0 Å². The van der Waals surface area contributed by atoms with Crippen molar-refractivity contribution in [1.29, 1.82) is 0 Å². The molecule has 1 fully saturated rings. The summed E-state index contributed by atoms with van der Waals surface area (Å²) in [5.74, 6) is 0.296. The van der Waals surface area contributed by atoms with Crippen LogP contribution in [0.15, 0.2) is 46.9 Å². The third-order valence-corrected chi connectivity index (χ3v) is 5.39. The molecular formula is C21H19N7O4. The van der Waals surface area contributed by atoms with Gasteiger partial charge in [-0.05, 0) is 44.0 Å². The van der Waals surface area contributed by atoms with Gasteiger partial charge in [-0.15, -0.1) is 15.3 Å². The highest BCUT2D eigenvalue weighted by Crippen LogP contribution is 2.31. The highest BCUT2D eigenvalue weighted by atomic mass is 16.6. The fourth-order valence-corrected chi connectivity index (χ4v) is 3.59. The molecule has 32 heavy (non-hydrogen) atoms. The van der Waals surface area contributed by atoms with Gasteiger partial charge in [0.15, 0.2) is 0 Å². The summed E-state index contributed by atoms with van der Waals surface area (Å²) in [4.78, 5) is 25.5. The summed E-state index contributed by atoms with van der Waals surface area (Å²) in [6, 6.07) is 11.5. The molecule has 11 nitrogen and oxygen atoms in total. The first-order valence-electron chi connectivity index (χ1n) is 10.2.